The van der Waals surface area contributed by atoms with Crippen LogP contribution in [0.5, 0.6) is 28.7 Å². The normalized spacial score (nSPS) is 19.8. The van der Waals surface area contributed by atoms with E-state index < -0.39 is 38.0 Å². The van der Waals surface area contributed by atoms with Crippen LogP contribution in [0, 0.1) is 11.8 Å². The summed E-state index contributed by atoms with van der Waals surface area (Å²) in [4.78, 5) is 0. The minimum absolute atomic E-state index is 0.0175. The minimum atomic E-state index is -5.86. The van der Waals surface area contributed by atoms with Gasteiger partial charge in [0.15, 0.2) is 0 Å². The van der Waals surface area contributed by atoms with E-state index in [4.69, 9.17) is 8.85 Å². The highest BCUT2D eigenvalue weighted by Crippen LogP contribution is 2.50. The molecule has 2 aromatic carbocycles. The van der Waals surface area contributed by atoms with Crippen LogP contribution < -0.4 is 13.0 Å². The number of hydrogen-bond donors (Lipinski definition) is 2. The topological polar surface area (TPSA) is 102 Å². The molecule has 13 heteroatoms. The van der Waals surface area contributed by atoms with Crippen molar-refractivity contribution < 1.29 is 44.8 Å². The van der Waals surface area contributed by atoms with Gasteiger partial charge < -0.3 is 23.2 Å². The van der Waals surface area contributed by atoms with E-state index in [0.717, 1.165) is 55.2 Å². The average Bonchev–Trinajstić information content (AvgIpc) is 3.09. The van der Waals surface area contributed by atoms with Crippen LogP contribution in [0.25, 0.3) is 0 Å². The Bertz CT molecular complexity index is 1950. The van der Waals surface area contributed by atoms with Crippen molar-refractivity contribution in [2.75, 3.05) is 0 Å². The van der Waals surface area contributed by atoms with Gasteiger partial charge in [0.25, 0.3) is 0 Å². The molecule has 4 rings (SSSR count). The van der Waals surface area contributed by atoms with Gasteiger partial charge in [-0.1, -0.05) is 93.1 Å². The number of phenolic OH excluding ortho intramolecular Hbond substituents is 2. The van der Waals surface area contributed by atoms with Gasteiger partial charge in [-0.25, -0.2) is 0 Å². The Morgan fingerprint density at radius 3 is 1.52 bits per heavy atom. The Kier molecular flexibility index (Phi) is 18.5. The SMILES string of the molecule is C=C(C)[C@@H]1CCC(C)=C[C@H]1c1c(O)cc(CCCCCCCCC)cc1O.C=C(C)[C@@H]1CCC(C)=C[C@H]1c1c(O[Si](C)(C)C)cc(OS(=O)(=O)C(F)(F)F)cc1O[Si](C)(C)C. The predicted molar refractivity (Wildman–Crippen MR) is 250 cm³/mol. The third kappa shape index (κ3) is 15.7. The molecule has 342 valence electrons. The van der Waals surface area contributed by atoms with Crippen molar-refractivity contribution in [3.8, 4) is 28.7 Å². The first-order valence-corrected chi connectivity index (χ1v) is 30.1. The molecule has 0 spiro atoms. The third-order valence-electron chi connectivity index (χ3n) is 11.1. The summed E-state index contributed by atoms with van der Waals surface area (Å²) in [7, 11) is -10.4. The number of halogens is 3. The molecule has 0 amide bonds. The van der Waals surface area contributed by atoms with Crippen LogP contribution in [-0.2, 0) is 16.5 Å². The van der Waals surface area contributed by atoms with Gasteiger partial charge in [-0.2, -0.15) is 21.6 Å². The van der Waals surface area contributed by atoms with E-state index in [9.17, 15) is 31.8 Å². The van der Waals surface area contributed by atoms with Crippen molar-refractivity contribution in [1.82, 2.24) is 0 Å². The lowest BCUT2D eigenvalue weighted by Crippen LogP contribution is -2.33. The van der Waals surface area contributed by atoms with E-state index in [-0.39, 0.29) is 46.7 Å². The van der Waals surface area contributed by atoms with Gasteiger partial charge in [0.05, 0.1) is 0 Å². The zero-order valence-corrected chi connectivity index (χ0v) is 41.5. The van der Waals surface area contributed by atoms with Gasteiger partial charge in [-0.3, -0.25) is 0 Å². The Labute approximate surface area is 367 Å². The first-order chi connectivity index (χ1) is 28.1. The number of benzene rings is 2. The van der Waals surface area contributed by atoms with Crippen LogP contribution in [0.2, 0.25) is 39.3 Å². The maximum Gasteiger partial charge on any atom is 0.534 e. The largest absolute Gasteiger partial charge is 0.544 e. The van der Waals surface area contributed by atoms with Crippen LogP contribution in [0.15, 0.2) is 71.9 Å². The lowest BCUT2D eigenvalue weighted by atomic mass is 9.73. The minimum Gasteiger partial charge on any atom is -0.544 e. The van der Waals surface area contributed by atoms with Crippen molar-refractivity contribution in [2.24, 2.45) is 11.8 Å². The average molecular weight is 907 g/mol. The molecule has 2 aliphatic rings. The zero-order valence-electron chi connectivity index (χ0n) is 38.7. The Morgan fingerprint density at radius 1 is 0.721 bits per heavy atom. The molecule has 0 saturated carbocycles. The number of aryl methyl sites for hydroxylation is 1. The summed E-state index contributed by atoms with van der Waals surface area (Å²) in [6, 6.07) is 6.20. The van der Waals surface area contributed by atoms with Gasteiger partial charge in [0.1, 0.15) is 28.7 Å². The third-order valence-corrected chi connectivity index (χ3v) is 13.7. The number of aromatic hydroxyl groups is 2. The molecular formula is C48H73F3O7SSi2. The van der Waals surface area contributed by atoms with Gasteiger partial charge in [0, 0.05) is 35.1 Å². The van der Waals surface area contributed by atoms with Gasteiger partial charge in [0.2, 0.25) is 16.6 Å². The van der Waals surface area contributed by atoms with Crippen LogP contribution in [-0.4, -0.2) is 40.8 Å². The fourth-order valence-electron chi connectivity index (χ4n) is 8.22. The number of rotatable bonds is 18. The van der Waals surface area contributed by atoms with Crippen molar-refractivity contribution in [1.29, 1.82) is 0 Å². The van der Waals surface area contributed by atoms with Crippen LogP contribution in [0.1, 0.15) is 134 Å². The summed E-state index contributed by atoms with van der Waals surface area (Å²) >= 11 is 0. The summed E-state index contributed by atoms with van der Waals surface area (Å²) < 4.78 is 79.7. The predicted octanol–water partition coefficient (Wildman–Crippen LogP) is 14.8. The van der Waals surface area contributed by atoms with Gasteiger partial charge >= 0.3 is 15.6 Å². The first kappa shape index (κ1) is 51.9. The van der Waals surface area contributed by atoms with Crippen molar-refractivity contribution in [3.05, 3.63) is 88.6 Å². The molecule has 0 aliphatic heterocycles. The zero-order chi connectivity index (χ0) is 46.1. The monoisotopic (exact) mass is 906 g/mol. The molecule has 0 fully saturated rings. The maximum atomic E-state index is 13.0. The van der Waals surface area contributed by atoms with Gasteiger partial charge in [-0.05, 0) is 135 Å². The molecule has 2 N–H and O–H groups in total. The van der Waals surface area contributed by atoms with E-state index in [2.05, 4.69) is 50.3 Å². The van der Waals surface area contributed by atoms with Crippen LogP contribution in [0.3, 0.4) is 0 Å². The highest BCUT2D eigenvalue weighted by Gasteiger charge is 2.49. The Morgan fingerprint density at radius 2 is 1.13 bits per heavy atom. The molecular weight excluding hydrogens is 834 g/mol. The molecule has 0 saturated heterocycles. The number of hydrogen-bond acceptors (Lipinski definition) is 7. The van der Waals surface area contributed by atoms with Crippen LogP contribution >= 0.6 is 0 Å². The quantitative estimate of drug-likeness (QED) is 0.0505. The summed E-state index contributed by atoms with van der Waals surface area (Å²) in [6.07, 6.45) is 18.0. The maximum absolute atomic E-state index is 13.0. The van der Waals surface area contributed by atoms with Gasteiger partial charge in [-0.15, -0.1) is 0 Å². The van der Waals surface area contributed by atoms with E-state index in [1.807, 2.05) is 65.3 Å². The molecule has 0 heterocycles. The number of alkyl halides is 3. The second kappa shape index (κ2) is 21.8. The van der Waals surface area contributed by atoms with E-state index in [0.29, 0.717) is 11.1 Å². The number of unbranched alkanes of at least 4 members (excludes halogenated alkanes) is 6. The molecule has 2 aliphatic carbocycles. The molecule has 7 nitrogen and oxygen atoms in total. The number of allylic oxidation sites excluding steroid dienone is 6. The molecule has 61 heavy (non-hydrogen) atoms. The Hall–Kier alpha value is -3.43. The van der Waals surface area contributed by atoms with Crippen LogP contribution in [0.4, 0.5) is 13.2 Å². The molecule has 0 aromatic heterocycles. The molecule has 2 aromatic rings. The summed E-state index contributed by atoms with van der Waals surface area (Å²) in [5.74, 6) is 0.716. The fourth-order valence-corrected chi connectivity index (χ4v) is 10.3. The van der Waals surface area contributed by atoms with E-state index in [1.165, 1.54) is 61.8 Å². The summed E-state index contributed by atoms with van der Waals surface area (Å²) in [5.41, 5.74) is 1.44. The molecule has 4 atom stereocenters. The van der Waals surface area contributed by atoms with Crippen molar-refractivity contribution in [3.63, 3.8) is 0 Å². The highest BCUT2D eigenvalue weighted by molar-refractivity contribution is 7.88. The summed E-state index contributed by atoms with van der Waals surface area (Å²) in [5, 5.41) is 21.4. The second-order valence-corrected chi connectivity index (χ2v) is 29.6. The molecule has 0 unspecified atom stereocenters. The highest BCUT2D eigenvalue weighted by atomic mass is 32.2. The van der Waals surface area contributed by atoms with Crippen molar-refractivity contribution in [2.45, 2.75) is 168 Å². The van der Waals surface area contributed by atoms with Crippen molar-refractivity contribution >= 4 is 26.8 Å². The second-order valence-electron chi connectivity index (χ2n) is 19.2. The lowest BCUT2D eigenvalue weighted by molar-refractivity contribution is -0.0500. The molecule has 0 bridgehead atoms. The number of phenols is 2. The fraction of sp³-hybridized carbons (Fsp3) is 0.583. The standard InChI is InChI=1S/C25H38O2.C23H35F3O5SSi2/c1-5-6-7-8-9-10-11-12-20-16-23(26)25(24(27)17-20)22-15-19(4)13-14-21(22)18(2)3;1-15(2)18-11-10-16(3)12-19(18)22-20(30-33(4,5)6)13-17(14-21(22)31-34(7,8)9)29-32(27,28)23(24,25)26/h15-17,21-22,26-27H,2,5-14H2,1,3-4H3;12-14,18-19H,1,10-11H2,2-9H3/t21-,22+;18-,19+/m00/s1. The lowest BCUT2D eigenvalue weighted by Gasteiger charge is -2.35. The summed E-state index contributed by atoms with van der Waals surface area (Å²) in [6.45, 7) is 30.3. The Balaban J connectivity index is 0.000000334. The van der Waals surface area contributed by atoms with E-state index >= 15 is 0 Å². The molecule has 0 radical (unpaired) electrons. The van der Waals surface area contributed by atoms with E-state index in [1.54, 1.807) is 0 Å². The first-order valence-electron chi connectivity index (χ1n) is 21.9. The smallest absolute Gasteiger partial charge is 0.534 e.